The normalized spacial score (nSPS) is 10.8. The van der Waals surface area contributed by atoms with E-state index in [9.17, 15) is 29.7 Å². The molecule has 37 heavy (non-hydrogen) atoms. The number of thioether (sulfide) groups is 2. The molecule has 0 aliphatic carbocycles. The van der Waals surface area contributed by atoms with Crippen LogP contribution in [0.2, 0.25) is 0 Å². The number of phenols is 1. The molecule has 0 fully saturated rings. The van der Waals surface area contributed by atoms with Gasteiger partial charge in [0.05, 0.1) is 11.1 Å². The van der Waals surface area contributed by atoms with Crippen molar-refractivity contribution in [3.05, 3.63) is 88.0 Å². The van der Waals surface area contributed by atoms with Crippen molar-refractivity contribution in [2.45, 2.75) is 42.4 Å². The van der Waals surface area contributed by atoms with E-state index in [0.29, 0.717) is 22.6 Å². The molecule has 0 bridgehead atoms. The van der Waals surface area contributed by atoms with Gasteiger partial charge in [-0.3, -0.25) is 0 Å². The topological polar surface area (TPSA) is 132 Å². The van der Waals surface area contributed by atoms with Crippen LogP contribution in [0.5, 0.6) is 5.75 Å². The number of carbonyl (C=O) groups is 3. The zero-order valence-corrected chi connectivity index (χ0v) is 21.9. The van der Waals surface area contributed by atoms with Crippen LogP contribution in [0.25, 0.3) is 0 Å². The van der Waals surface area contributed by atoms with Crippen molar-refractivity contribution in [1.29, 1.82) is 0 Å². The summed E-state index contributed by atoms with van der Waals surface area (Å²) in [7, 11) is 0. The summed E-state index contributed by atoms with van der Waals surface area (Å²) >= 11 is 2.94. The molecule has 3 aromatic carbocycles. The molecule has 0 amide bonds. The number of carboxylic acid groups (broad SMARTS) is 3. The molecule has 0 unspecified atom stereocenters. The highest BCUT2D eigenvalue weighted by atomic mass is 32.2. The number of rotatable bonds is 13. The van der Waals surface area contributed by atoms with E-state index in [1.54, 1.807) is 24.3 Å². The van der Waals surface area contributed by atoms with Crippen LogP contribution in [0, 0.1) is 6.92 Å². The number of hydrogen-bond donors (Lipinski definition) is 4. The van der Waals surface area contributed by atoms with E-state index in [4.69, 9.17) is 5.11 Å². The Balaban J connectivity index is 1.55. The van der Waals surface area contributed by atoms with E-state index in [1.165, 1.54) is 35.7 Å². The molecule has 0 saturated heterocycles. The molecule has 0 heterocycles. The van der Waals surface area contributed by atoms with Crippen LogP contribution in [0.3, 0.4) is 0 Å². The van der Waals surface area contributed by atoms with Crippen molar-refractivity contribution >= 4 is 41.4 Å². The maximum atomic E-state index is 11.7. The number of aryl methyl sites for hydroxylation is 3. The molecule has 0 radical (unpaired) electrons. The average molecular weight is 541 g/mol. The fraction of sp³-hybridized carbons (Fsp3) is 0.250. The van der Waals surface area contributed by atoms with Gasteiger partial charge in [0.15, 0.2) is 0 Å². The van der Waals surface area contributed by atoms with Gasteiger partial charge in [-0.25, -0.2) is 14.4 Å². The monoisotopic (exact) mass is 540 g/mol. The number of benzene rings is 3. The van der Waals surface area contributed by atoms with Gasteiger partial charge in [-0.15, -0.1) is 23.5 Å². The quantitative estimate of drug-likeness (QED) is 0.147. The maximum absolute atomic E-state index is 11.7. The Morgan fingerprint density at radius 1 is 0.649 bits per heavy atom. The molecule has 0 atom stereocenters. The number of carboxylic acids is 3. The van der Waals surface area contributed by atoms with Gasteiger partial charge in [-0.05, 0) is 91.4 Å². The third-order valence-corrected chi connectivity index (χ3v) is 7.90. The Bertz CT molecular complexity index is 1300. The Hall–Kier alpha value is -3.43. The predicted octanol–water partition coefficient (Wildman–Crippen LogP) is 6.25. The molecule has 7 nitrogen and oxygen atoms in total. The number of aromatic hydroxyl groups is 1. The minimum atomic E-state index is -1.19. The first-order valence-corrected chi connectivity index (χ1v) is 13.6. The minimum Gasteiger partial charge on any atom is -0.507 e. The van der Waals surface area contributed by atoms with Gasteiger partial charge in [0.1, 0.15) is 11.3 Å². The summed E-state index contributed by atoms with van der Waals surface area (Å²) in [5.41, 5.74) is 3.20. The van der Waals surface area contributed by atoms with Gasteiger partial charge in [0, 0.05) is 15.5 Å². The van der Waals surface area contributed by atoms with Crippen molar-refractivity contribution in [1.82, 2.24) is 0 Å². The van der Waals surface area contributed by atoms with Crippen LogP contribution in [-0.2, 0) is 12.8 Å². The van der Waals surface area contributed by atoms with E-state index in [0.717, 1.165) is 46.6 Å². The van der Waals surface area contributed by atoms with Crippen LogP contribution >= 0.6 is 23.5 Å². The second kappa shape index (κ2) is 13.2. The first-order chi connectivity index (χ1) is 17.7. The smallest absolute Gasteiger partial charge is 0.339 e. The van der Waals surface area contributed by atoms with E-state index in [1.807, 2.05) is 25.1 Å². The van der Waals surface area contributed by atoms with Crippen molar-refractivity contribution in [3.63, 3.8) is 0 Å². The summed E-state index contributed by atoms with van der Waals surface area (Å²) < 4.78 is 0. The fourth-order valence-electron chi connectivity index (χ4n) is 3.75. The molecular formula is C28H28O7S2. The molecule has 3 rings (SSSR count). The lowest BCUT2D eigenvalue weighted by Crippen LogP contribution is -2.01. The van der Waals surface area contributed by atoms with E-state index in [-0.39, 0.29) is 16.9 Å². The highest BCUT2D eigenvalue weighted by Gasteiger charge is 2.14. The molecule has 0 saturated carbocycles. The Morgan fingerprint density at radius 3 is 1.81 bits per heavy atom. The van der Waals surface area contributed by atoms with Gasteiger partial charge in [0.2, 0.25) is 0 Å². The fourth-order valence-corrected chi connectivity index (χ4v) is 6.00. The van der Waals surface area contributed by atoms with Crippen molar-refractivity contribution < 1.29 is 34.8 Å². The average Bonchev–Trinajstić information content (AvgIpc) is 2.83. The number of aromatic carboxylic acids is 3. The van der Waals surface area contributed by atoms with Crippen LogP contribution < -0.4 is 0 Å². The van der Waals surface area contributed by atoms with Gasteiger partial charge in [0.25, 0.3) is 0 Å². The standard InChI is InChI=1S/C28H28O7S2/c1-17-5-8-21(27(32)33)24(14-17)36-12-3-2-4-18-7-10-22(28(34)35)25(16-18)37-13-11-19-6-9-20(26(30)31)23(29)15-19/h5-10,14-16,29H,2-4,11-13H2,1H3,(H,30,31)(H,32,33)(H,34,35). The zero-order valence-electron chi connectivity index (χ0n) is 20.3. The van der Waals surface area contributed by atoms with Crippen molar-refractivity contribution in [2.24, 2.45) is 0 Å². The molecule has 9 heteroatoms. The van der Waals surface area contributed by atoms with Crippen molar-refractivity contribution in [2.75, 3.05) is 11.5 Å². The summed E-state index contributed by atoms with van der Waals surface area (Å²) in [6, 6.07) is 15.1. The van der Waals surface area contributed by atoms with Gasteiger partial charge in [-0.2, -0.15) is 0 Å². The van der Waals surface area contributed by atoms with Crippen LogP contribution in [0.1, 0.15) is 60.6 Å². The third-order valence-electron chi connectivity index (χ3n) is 5.70. The number of hydrogen-bond acceptors (Lipinski definition) is 6. The first-order valence-electron chi connectivity index (χ1n) is 11.7. The molecular weight excluding hydrogens is 512 g/mol. The van der Waals surface area contributed by atoms with Gasteiger partial charge < -0.3 is 20.4 Å². The number of unbranched alkanes of at least 4 members (excludes halogenated alkanes) is 1. The summed E-state index contributed by atoms with van der Waals surface area (Å²) in [6.45, 7) is 1.94. The van der Waals surface area contributed by atoms with Crippen LogP contribution in [0.15, 0.2) is 64.4 Å². The SMILES string of the molecule is Cc1ccc(C(=O)O)c(SCCCCc2ccc(C(=O)O)c(SCCc3ccc(C(=O)O)c(O)c3)c2)c1. The summed E-state index contributed by atoms with van der Waals surface area (Å²) in [4.78, 5) is 35.6. The summed E-state index contributed by atoms with van der Waals surface area (Å²) in [5, 5.41) is 37.9. The summed E-state index contributed by atoms with van der Waals surface area (Å²) in [5.74, 6) is -2.06. The van der Waals surface area contributed by atoms with Crippen LogP contribution in [0.4, 0.5) is 0 Å². The lowest BCUT2D eigenvalue weighted by atomic mass is 10.1. The largest absolute Gasteiger partial charge is 0.507 e. The van der Waals surface area contributed by atoms with Gasteiger partial charge in [-0.1, -0.05) is 18.2 Å². The third kappa shape index (κ3) is 8.03. The first kappa shape index (κ1) is 28.1. The second-order valence-electron chi connectivity index (χ2n) is 8.50. The molecule has 0 aliphatic rings. The highest BCUT2D eigenvalue weighted by molar-refractivity contribution is 7.99. The zero-order chi connectivity index (χ0) is 26.9. The lowest BCUT2D eigenvalue weighted by molar-refractivity contribution is 0.0682. The molecule has 3 aromatic rings. The molecule has 0 aliphatic heterocycles. The second-order valence-corrected chi connectivity index (χ2v) is 10.8. The van der Waals surface area contributed by atoms with E-state index >= 15 is 0 Å². The molecule has 0 spiro atoms. The molecule has 4 N–H and O–H groups in total. The molecule has 194 valence electrons. The Kier molecular flexibility index (Phi) is 10.0. The minimum absolute atomic E-state index is 0.156. The van der Waals surface area contributed by atoms with Crippen molar-refractivity contribution in [3.8, 4) is 5.75 Å². The highest BCUT2D eigenvalue weighted by Crippen LogP contribution is 2.28. The Labute approximate surface area is 223 Å². The summed E-state index contributed by atoms with van der Waals surface area (Å²) in [6.07, 6.45) is 3.08. The van der Waals surface area contributed by atoms with Gasteiger partial charge >= 0.3 is 17.9 Å². The Morgan fingerprint density at radius 2 is 1.19 bits per heavy atom. The predicted molar refractivity (Wildman–Crippen MR) is 145 cm³/mol. The van der Waals surface area contributed by atoms with E-state index in [2.05, 4.69) is 0 Å². The lowest BCUT2D eigenvalue weighted by Gasteiger charge is -2.10. The van der Waals surface area contributed by atoms with Crippen LogP contribution in [-0.4, -0.2) is 49.8 Å². The maximum Gasteiger partial charge on any atom is 0.339 e. The van der Waals surface area contributed by atoms with E-state index < -0.39 is 17.9 Å². The molecule has 0 aromatic heterocycles.